The first-order chi connectivity index (χ1) is 20.5. The Morgan fingerprint density at radius 1 is 1.12 bits per heavy atom. The molecule has 4 fully saturated rings. The summed E-state index contributed by atoms with van der Waals surface area (Å²) >= 11 is 1.58. The van der Waals surface area contributed by atoms with Gasteiger partial charge < -0.3 is 20.1 Å². The lowest BCUT2D eigenvalue weighted by atomic mass is 9.95. The molecule has 4 saturated heterocycles. The number of piperazine rings is 1. The highest BCUT2D eigenvalue weighted by molar-refractivity contribution is 7.98. The molecular formula is C32H35FN6O2S. The van der Waals surface area contributed by atoms with Crippen LogP contribution < -0.4 is 15.0 Å². The van der Waals surface area contributed by atoms with Gasteiger partial charge in [-0.2, -0.15) is 9.97 Å². The van der Waals surface area contributed by atoms with Gasteiger partial charge in [0, 0.05) is 47.2 Å². The SMILES string of the molecule is CSc1cccc2cc(O)cc(-c3ncc4c(N5CC6CCC(C5)N6)nc(OCC56CCCN5CCC6)nc4c3F)c12. The molecule has 0 spiro atoms. The summed E-state index contributed by atoms with van der Waals surface area (Å²) in [6, 6.07) is 10.2. The van der Waals surface area contributed by atoms with Gasteiger partial charge in [0.25, 0.3) is 0 Å². The number of aromatic hydroxyl groups is 1. The number of nitrogens with zero attached hydrogens (tertiary/aromatic N) is 5. The third-order valence-corrected chi connectivity index (χ3v) is 10.6. The fraction of sp³-hybridized carbons (Fsp3) is 0.469. The molecule has 42 heavy (non-hydrogen) atoms. The summed E-state index contributed by atoms with van der Waals surface area (Å²) in [5.41, 5.74) is 0.945. The molecule has 218 valence electrons. The van der Waals surface area contributed by atoms with Gasteiger partial charge in [-0.25, -0.2) is 4.39 Å². The Hall–Kier alpha value is -3.21. The molecule has 0 radical (unpaired) electrons. The van der Waals surface area contributed by atoms with Crippen LogP contribution in [0.15, 0.2) is 41.4 Å². The first-order valence-corrected chi connectivity index (χ1v) is 16.3. The summed E-state index contributed by atoms with van der Waals surface area (Å²) in [6.07, 6.45) is 10.5. The molecule has 2 unspecified atom stereocenters. The van der Waals surface area contributed by atoms with Crippen molar-refractivity contribution in [3.8, 4) is 23.0 Å². The van der Waals surface area contributed by atoms with Crippen LogP contribution in [-0.2, 0) is 0 Å². The third kappa shape index (κ3) is 4.29. The van der Waals surface area contributed by atoms with Gasteiger partial charge in [0.15, 0.2) is 5.82 Å². The van der Waals surface area contributed by atoms with Crippen molar-refractivity contribution in [3.05, 3.63) is 42.3 Å². The average molecular weight is 587 g/mol. The Morgan fingerprint density at radius 2 is 1.90 bits per heavy atom. The Bertz CT molecular complexity index is 1680. The van der Waals surface area contributed by atoms with Crippen LogP contribution in [0.2, 0.25) is 0 Å². The topological polar surface area (TPSA) is 86.6 Å². The number of rotatable bonds is 6. The monoisotopic (exact) mass is 586 g/mol. The fourth-order valence-corrected chi connectivity index (χ4v) is 8.53. The van der Waals surface area contributed by atoms with Crippen molar-refractivity contribution in [2.24, 2.45) is 0 Å². The number of pyridine rings is 1. The van der Waals surface area contributed by atoms with Crippen molar-refractivity contribution in [2.45, 2.75) is 61.0 Å². The summed E-state index contributed by atoms with van der Waals surface area (Å²) in [7, 11) is 0. The number of thioether (sulfide) groups is 1. The van der Waals surface area contributed by atoms with Gasteiger partial charge >= 0.3 is 6.01 Å². The summed E-state index contributed by atoms with van der Waals surface area (Å²) < 4.78 is 23.2. The molecule has 6 heterocycles. The minimum atomic E-state index is -0.525. The zero-order chi connectivity index (χ0) is 28.4. The number of nitrogens with one attached hydrogen (secondary N) is 1. The Kier molecular flexibility index (Phi) is 6.42. The molecule has 0 amide bonds. The Labute approximate surface area is 248 Å². The van der Waals surface area contributed by atoms with Crippen LogP contribution in [0.4, 0.5) is 10.2 Å². The Morgan fingerprint density at radius 3 is 2.67 bits per heavy atom. The second kappa shape index (κ2) is 10.2. The van der Waals surface area contributed by atoms with Gasteiger partial charge in [-0.1, -0.05) is 12.1 Å². The smallest absolute Gasteiger partial charge is 0.319 e. The van der Waals surface area contributed by atoms with E-state index in [1.165, 1.54) is 12.8 Å². The molecule has 4 aromatic rings. The molecule has 10 heteroatoms. The minimum Gasteiger partial charge on any atom is -0.508 e. The summed E-state index contributed by atoms with van der Waals surface area (Å²) in [4.78, 5) is 20.1. The molecule has 2 aromatic heterocycles. The summed E-state index contributed by atoms with van der Waals surface area (Å²) in [5, 5.41) is 16.5. The third-order valence-electron chi connectivity index (χ3n) is 9.84. The van der Waals surface area contributed by atoms with Crippen LogP contribution in [0.25, 0.3) is 32.9 Å². The van der Waals surface area contributed by atoms with E-state index >= 15 is 4.39 Å². The molecule has 4 aliphatic heterocycles. The molecular weight excluding hydrogens is 551 g/mol. The van der Waals surface area contributed by atoms with E-state index in [1.807, 2.05) is 24.5 Å². The maximum Gasteiger partial charge on any atom is 0.319 e. The van der Waals surface area contributed by atoms with Gasteiger partial charge in [-0.15, -0.1) is 11.8 Å². The number of hydrogen-bond donors (Lipinski definition) is 2. The molecule has 2 N–H and O–H groups in total. The number of phenols is 1. The van der Waals surface area contributed by atoms with Crippen LogP contribution in [0.5, 0.6) is 11.8 Å². The largest absolute Gasteiger partial charge is 0.508 e. The maximum absolute atomic E-state index is 16.8. The number of aromatic nitrogens is 3. The van der Waals surface area contributed by atoms with Crippen LogP contribution in [-0.4, -0.2) is 81.6 Å². The normalized spacial score (nSPS) is 23.2. The van der Waals surface area contributed by atoms with Crippen LogP contribution >= 0.6 is 11.8 Å². The van der Waals surface area contributed by atoms with Crippen molar-refractivity contribution < 1.29 is 14.2 Å². The van der Waals surface area contributed by atoms with Crippen LogP contribution in [0, 0.1) is 5.82 Å². The van der Waals surface area contributed by atoms with Crippen molar-refractivity contribution in [1.29, 1.82) is 0 Å². The van der Waals surface area contributed by atoms with Gasteiger partial charge in [-0.05, 0) is 81.5 Å². The van der Waals surface area contributed by atoms with E-state index in [-0.39, 0.29) is 28.5 Å². The molecule has 0 aliphatic carbocycles. The zero-order valence-electron chi connectivity index (χ0n) is 23.8. The van der Waals surface area contributed by atoms with Crippen LogP contribution in [0.1, 0.15) is 38.5 Å². The molecule has 4 aliphatic rings. The maximum atomic E-state index is 16.8. The van der Waals surface area contributed by atoms with E-state index in [1.54, 1.807) is 30.1 Å². The number of ether oxygens (including phenoxy) is 1. The number of phenolic OH excluding ortho intramolecular Hbond substituents is 1. The quantitative estimate of drug-likeness (QED) is 0.290. The van der Waals surface area contributed by atoms with Crippen molar-refractivity contribution in [2.75, 3.05) is 43.9 Å². The highest BCUT2D eigenvalue weighted by atomic mass is 32.2. The van der Waals surface area contributed by atoms with E-state index in [0.717, 1.165) is 67.5 Å². The molecule has 2 atom stereocenters. The zero-order valence-corrected chi connectivity index (χ0v) is 24.6. The average Bonchev–Trinajstić information content (AvgIpc) is 3.68. The fourth-order valence-electron chi connectivity index (χ4n) is 7.88. The highest BCUT2D eigenvalue weighted by Gasteiger charge is 2.45. The van der Waals surface area contributed by atoms with Gasteiger partial charge in [0.05, 0.1) is 10.9 Å². The summed E-state index contributed by atoms with van der Waals surface area (Å²) in [5.74, 6) is 0.227. The molecule has 2 aromatic carbocycles. The Balaban J connectivity index is 1.27. The number of hydrogen-bond acceptors (Lipinski definition) is 9. The second-order valence-corrected chi connectivity index (χ2v) is 13.2. The van der Waals surface area contributed by atoms with Crippen LogP contribution in [0.3, 0.4) is 0 Å². The molecule has 8 rings (SSSR count). The van der Waals surface area contributed by atoms with E-state index < -0.39 is 5.82 Å². The minimum absolute atomic E-state index is 0.0310. The van der Waals surface area contributed by atoms with Crippen molar-refractivity contribution in [3.63, 3.8) is 0 Å². The number of halogens is 1. The van der Waals surface area contributed by atoms with Gasteiger partial charge in [0.1, 0.15) is 29.4 Å². The lowest BCUT2D eigenvalue weighted by Gasteiger charge is -2.34. The first kappa shape index (κ1) is 26.4. The number of benzene rings is 2. The first-order valence-electron chi connectivity index (χ1n) is 15.1. The molecule has 0 saturated carbocycles. The standard InChI is InChI=1S/C32H35FN6O2S/c1-42-25-6-2-5-19-13-22(40)14-23(26(19)25)28-27(33)29-24(15-34-28)30(38-16-20-7-8-21(17-38)35-20)37-31(36-29)41-18-32-9-3-11-39(32)12-4-10-32/h2,5-6,13-15,20-21,35,40H,3-4,7-12,16-18H2,1H3. The van der Waals surface area contributed by atoms with E-state index in [9.17, 15) is 5.11 Å². The number of fused-ring (bicyclic) bond motifs is 5. The lowest BCUT2D eigenvalue weighted by Crippen LogP contribution is -2.51. The predicted octanol–water partition coefficient (Wildman–Crippen LogP) is 5.36. The summed E-state index contributed by atoms with van der Waals surface area (Å²) in [6.45, 7) is 4.33. The van der Waals surface area contributed by atoms with Crippen molar-refractivity contribution in [1.82, 2.24) is 25.2 Å². The van der Waals surface area contributed by atoms with E-state index in [4.69, 9.17) is 14.7 Å². The van der Waals surface area contributed by atoms with Gasteiger partial charge in [0.2, 0.25) is 0 Å². The molecule has 8 nitrogen and oxygen atoms in total. The second-order valence-electron chi connectivity index (χ2n) is 12.3. The molecule has 2 bridgehead atoms. The number of anilines is 1. The highest BCUT2D eigenvalue weighted by Crippen LogP contribution is 2.42. The predicted molar refractivity (Wildman–Crippen MR) is 164 cm³/mol. The lowest BCUT2D eigenvalue weighted by molar-refractivity contribution is 0.108. The van der Waals surface area contributed by atoms with Gasteiger partial charge in [-0.3, -0.25) is 9.88 Å². The van der Waals surface area contributed by atoms with Crippen molar-refractivity contribution >= 4 is 39.3 Å². The van der Waals surface area contributed by atoms with E-state index in [2.05, 4.69) is 20.1 Å². The van der Waals surface area contributed by atoms with E-state index in [0.29, 0.717) is 35.5 Å².